The van der Waals surface area contributed by atoms with Gasteiger partial charge in [-0.15, -0.1) is 0 Å². The highest BCUT2D eigenvalue weighted by atomic mass is 35.5. The minimum atomic E-state index is -0.334. The third kappa shape index (κ3) is 4.65. The Bertz CT molecular complexity index is 424. The van der Waals surface area contributed by atoms with Crippen molar-refractivity contribution in [1.29, 1.82) is 0 Å². The van der Waals surface area contributed by atoms with E-state index in [1.807, 2.05) is 0 Å². The molecule has 1 heterocycles. The predicted molar refractivity (Wildman–Crippen MR) is 73.7 cm³/mol. The van der Waals surface area contributed by atoms with Gasteiger partial charge in [0.2, 0.25) is 5.88 Å². The van der Waals surface area contributed by atoms with E-state index in [0.29, 0.717) is 6.54 Å². The minimum Gasteiger partial charge on any atom is -0.479 e. The highest BCUT2D eigenvalue weighted by Crippen LogP contribution is 2.14. The van der Waals surface area contributed by atoms with Crippen LogP contribution in [0.25, 0.3) is 0 Å². The van der Waals surface area contributed by atoms with Crippen molar-refractivity contribution in [1.82, 2.24) is 20.2 Å². The lowest BCUT2D eigenvalue weighted by Crippen LogP contribution is -2.35. The van der Waals surface area contributed by atoms with Crippen LogP contribution in [0.2, 0.25) is 5.15 Å². The molecule has 6 nitrogen and oxygen atoms in total. The molecule has 19 heavy (non-hydrogen) atoms. The van der Waals surface area contributed by atoms with Crippen LogP contribution in [-0.4, -0.2) is 54.1 Å². The number of aromatic nitrogens is 2. The number of halogens is 1. The summed E-state index contributed by atoms with van der Waals surface area (Å²) in [6, 6.07) is 0. The van der Waals surface area contributed by atoms with Gasteiger partial charge in [0.15, 0.2) is 5.69 Å². The molecule has 106 valence electrons. The van der Waals surface area contributed by atoms with E-state index < -0.39 is 0 Å². The van der Waals surface area contributed by atoms with Crippen molar-refractivity contribution in [2.24, 2.45) is 0 Å². The minimum absolute atomic E-state index is 0.106. The first-order chi connectivity index (χ1) is 9.12. The van der Waals surface area contributed by atoms with Crippen molar-refractivity contribution in [3.63, 3.8) is 0 Å². The number of amides is 1. The monoisotopic (exact) mass is 286 g/mol. The maximum atomic E-state index is 12.0. The van der Waals surface area contributed by atoms with Crippen LogP contribution >= 0.6 is 11.6 Å². The normalized spacial score (nSPS) is 10.6. The van der Waals surface area contributed by atoms with Crippen LogP contribution in [0.1, 0.15) is 24.3 Å². The molecule has 0 aliphatic rings. The molecule has 0 aromatic carbocycles. The van der Waals surface area contributed by atoms with Crippen LogP contribution < -0.4 is 10.1 Å². The molecule has 0 aliphatic carbocycles. The summed E-state index contributed by atoms with van der Waals surface area (Å²) < 4.78 is 4.99. The van der Waals surface area contributed by atoms with E-state index in [4.69, 9.17) is 16.3 Å². The largest absolute Gasteiger partial charge is 0.479 e. The van der Waals surface area contributed by atoms with Crippen LogP contribution in [0.3, 0.4) is 0 Å². The van der Waals surface area contributed by atoms with Gasteiger partial charge in [-0.3, -0.25) is 4.79 Å². The molecule has 0 fully saturated rings. The third-order valence-electron chi connectivity index (χ3n) is 2.73. The number of ether oxygens (including phenoxy) is 1. The van der Waals surface area contributed by atoms with E-state index in [0.717, 1.165) is 19.6 Å². The fourth-order valence-electron chi connectivity index (χ4n) is 1.60. The molecule has 1 N–H and O–H groups in total. The van der Waals surface area contributed by atoms with Crippen molar-refractivity contribution in [3.8, 4) is 5.88 Å². The van der Waals surface area contributed by atoms with Crippen LogP contribution in [0.4, 0.5) is 0 Å². The van der Waals surface area contributed by atoms with Gasteiger partial charge in [0.1, 0.15) is 5.15 Å². The van der Waals surface area contributed by atoms with E-state index in [9.17, 15) is 4.79 Å². The van der Waals surface area contributed by atoms with Gasteiger partial charge in [-0.25, -0.2) is 9.97 Å². The number of carbonyl (C=O) groups excluding carboxylic acids is 1. The lowest BCUT2D eigenvalue weighted by atomic mass is 10.4. The van der Waals surface area contributed by atoms with Crippen LogP contribution in [0.5, 0.6) is 5.88 Å². The second-order valence-electron chi connectivity index (χ2n) is 3.83. The molecule has 0 aliphatic heterocycles. The quantitative estimate of drug-likeness (QED) is 0.816. The molecular formula is C12H19ClN4O2. The lowest BCUT2D eigenvalue weighted by Gasteiger charge is -2.17. The van der Waals surface area contributed by atoms with E-state index in [2.05, 4.69) is 34.0 Å². The summed E-state index contributed by atoms with van der Waals surface area (Å²) in [4.78, 5) is 22.0. The van der Waals surface area contributed by atoms with Gasteiger partial charge in [0, 0.05) is 13.1 Å². The summed E-state index contributed by atoms with van der Waals surface area (Å²) in [7, 11) is 1.44. The van der Waals surface area contributed by atoms with Crippen molar-refractivity contribution in [3.05, 3.63) is 17.0 Å². The van der Waals surface area contributed by atoms with Crippen molar-refractivity contribution >= 4 is 17.5 Å². The number of rotatable bonds is 7. The van der Waals surface area contributed by atoms with Gasteiger partial charge in [0.05, 0.1) is 13.3 Å². The maximum Gasteiger partial charge on any atom is 0.275 e. The molecule has 0 radical (unpaired) electrons. The number of methoxy groups -OCH3 is 1. The zero-order chi connectivity index (χ0) is 14.3. The highest BCUT2D eigenvalue weighted by molar-refractivity contribution is 6.29. The molecule has 7 heteroatoms. The Balaban J connectivity index is 2.60. The van der Waals surface area contributed by atoms with E-state index >= 15 is 0 Å². The van der Waals surface area contributed by atoms with E-state index in [1.54, 1.807) is 0 Å². The fourth-order valence-corrected chi connectivity index (χ4v) is 1.74. The molecule has 0 unspecified atom stereocenters. The Morgan fingerprint density at radius 1 is 1.47 bits per heavy atom. The van der Waals surface area contributed by atoms with Crippen LogP contribution in [0, 0.1) is 0 Å². The zero-order valence-electron chi connectivity index (χ0n) is 11.4. The smallest absolute Gasteiger partial charge is 0.275 e. The number of carbonyl (C=O) groups is 1. The number of hydrogen-bond acceptors (Lipinski definition) is 5. The summed E-state index contributed by atoms with van der Waals surface area (Å²) in [5.74, 6) is -0.163. The number of likely N-dealkylation sites (N-methyl/N-ethyl adjacent to an activating group) is 1. The summed E-state index contributed by atoms with van der Waals surface area (Å²) in [6.07, 6.45) is 1.34. The SMILES string of the molecule is CCN(CC)CCNC(=O)c1nc(Cl)cnc1OC. The molecule has 0 saturated heterocycles. The fraction of sp³-hybridized carbons (Fsp3) is 0.583. The molecule has 1 aromatic rings. The molecule has 0 saturated carbocycles. The van der Waals surface area contributed by atoms with Crippen molar-refractivity contribution < 1.29 is 9.53 Å². The Morgan fingerprint density at radius 3 is 2.74 bits per heavy atom. The van der Waals surface area contributed by atoms with E-state index in [1.165, 1.54) is 13.3 Å². The van der Waals surface area contributed by atoms with Crippen molar-refractivity contribution in [2.45, 2.75) is 13.8 Å². The molecule has 0 spiro atoms. The number of hydrogen-bond donors (Lipinski definition) is 1. The van der Waals surface area contributed by atoms with Gasteiger partial charge in [-0.1, -0.05) is 25.4 Å². The first-order valence-electron chi connectivity index (χ1n) is 6.19. The molecule has 1 amide bonds. The number of nitrogens with one attached hydrogen (secondary N) is 1. The van der Waals surface area contributed by atoms with Gasteiger partial charge < -0.3 is 15.0 Å². The first-order valence-corrected chi connectivity index (χ1v) is 6.57. The average Bonchev–Trinajstić information content (AvgIpc) is 2.43. The molecule has 1 rings (SSSR count). The van der Waals surface area contributed by atoms with Gasteiger partial charge in [-0.05, 0) is 13.1 Å². The standard InChI is InChI=1S/C12H19ClN4O2/c1-4-17(5-2)7-6-14-11(18)10-12(19-3)15-8-9(13)16-10/h8H,4-7H2,1-3H3,(H,14,18). The summed E-state index contributed by atoms with van der Waals surface area (Å²) in [5, 5.41) is 2.94. The van der Waals surface area contributed by atoms with Crippen LogP contribution in [0.15, 0.2) is 6.20 Å². The summed E-state index contributed by atoms with van der Waals surface area (Å²) in [6.45, 7) is 7.39. The molecular weight excluding hydrogens is 268 g/mol. The van der Waals surface area contributed by atoms with E-state index in [-0.39, 0.29) is 22.6 Å². The highest BCUT2D eigenvalue weighted by Gasteiger charge is 2.16. The molecule has 0 bridgehead atoms. The van der Waals surface area contributed by atoms with Crippen LogP contribution in [-0.2, 0) is 0 Å². The Labute approximate surface area is 118 Å². The second kappa shape index (κ2) is 7.91. The maximum absolute atomic E-state index is 12.0. The average molecular weight is 287 g/mol. The Hall–Kier alpha value is -1.40. The van der Waals surface area contributed by atoms with Crippen molar-refractivity contribution in [2.75, 3.05) is 33.3 Å². The topological polar surface area (TPSA) is 67.4 Å². The summed E-state index contributed by atoms with van der Waals surface area (Å²) in [5.41, 5.74) is 0.106. The molecule has 1 aromatic heterocycles. The van der Waals surface area contributed by atoms with Gasteiger partial charge in [0.25, 0.3) is 5.91 Å². The first kappa shape index (κ1) is 15.7. The lowest BCUT2D eigenvalue weighted by molar-refractivity contribution is 0.0939. The number of nitrogens with zero attached hydrogens (tertiary/aromatic N) is 3. The van der Waals surface area contributed by atoms with Gasteiger partial charge in [-0.2, -0.15) is 0 Å². The zero-order valence-corrected chi connectivity index (χ0v) is 12.2. The second-order valence-corrected chi connectivity index (χ2v) is 4.22. The summed E-state index contributed by atoms with van der Waals surface area (Å²) >= 11 is 5.73. The Kier molecular flexibility index (Phi) is 6.52. The molecule has 0 atom stereocenters. The van der Waals surface area contributed by atoms with Gasteiger partial charge >= 0.3 is 0 Å². The third-order valence-corrected chi connectivity index (χ3v) is 2.91. The Morgan fingerprint density at radius 2 is 2.16 bits per heavy atom. The predicted octanol–water partition coefficient (Wildman–Crippen LogP) is 1.21.